The number of nitrogens with zero attached hydrogens (tertiary/aromatic N) is 2. The van der Waals surface area contributed by atoms with Crippen LogP contribution in [0.5, 0.6) is 0 Å². The summed E-state index contributed by atoms with van der Waals surface area (Å²) in [5.74, 6) is 2.96. The molecule has 1 atom stereocenters. The number of hydrogen-bond donors (Lipinski definition) is 1. The molecule has 1 N–H and O–H groups in total. The summed E-state index contributed by atoms with van der Waals surface area (Å²) in [7, 11) is 0. The molecule has 1 saturated carbocycles. The molecule has 1 unspecified atom stereocenters. The van der Waals surface area contributed by atoms with Crippen molar-refractivity contribution < 1.29 is 0 Å². The quantitative estimate of drug-likeness (QED) is 0.828. The van der Waals surface area contributed by atoms with Crippen molar-refractivity contribution in [2.45, 2.75) is 32.7 Å². The second-order valence-electron chi connectivity index (χ2n) is 4.79. The van der Waals surface area contributed by atoms with E-state index in [-0.39, 0.29) is 0 Å². The average Bonchev–Trinajstić information content (AvgIpc) is 3.01. The van der Waals surface area contributed by atoms with Gasteiger partial charge in [0, 0.05) is 18.8 Å². The summed E-state index contributed by atoms with van der Waals surface area (Å²) in [4.78, 5) is 4.55. The second kappa shape index (κ2) is 5.13. The minimum atomic E-state index is 0.694. The largest absolute Gasteiger partial charge is 0.355 e. The lowest BCUT2D eigenvalue weighted by atomic mass is 10.2. The Morgan fingerprint density at radius 2 is 2.38 bits per heavy atom. The van der Waals surface area contributed by atoms with Gasteiger partial charge in [0.25, 0.3) is 0 Å². The summed E-state index contributed by atoms with van der Waals surface area (Å²) in [5, 5.41) is 3.48. The number of aromatic nitrogens is 2. The van der Waals surface area contributed by atoms with E-state index in [0.717, 1.165) is 18.2 Å². The first kappa shape index (κ1) is 11.8. The molecule has 16 heavy (non-hydrogen) atoms. The smallest absolute Gasteiger partial charge is 0.203 e. The van der Waals surface area contributed by atoms with E-state index in [4.69, 9.17) is 0 Å². The summed E-state index contributed by atoms with van der Waals surface area (Å²) >= 11 is 1.91. The van der Waals surface area contributed by atoms with Gasteiger partial charge in [-0.3, -0.25) is 0 Å². The fourth-order valence-electron chi connectivity index (χ4n) is 1.89. The Balaban J connectivity index is 1.92. The summed E-state index contributed by atoms with van der Waals surface area (Å²) in [6, 6.07) is 0.708. The van der Waals surface area contributed by atoms with Crippen LogP contribution in [0.25, 0.3) is 0 Å². The Morgan fingerprint density at radius 1 is 1.62 bits per heavy atom. The molecule has 0 amide bonds. The lowest BCUT2D eigenvalue weighted by Crippen LogP contribution is -2.16. The average molecular weight is 239 g/mol. The minimum absolute atomic E-state index is 0.694. The Morgan fingerprint density at radius 3 is 3.00 bits per heavy atom. The summed E-state index contributed by atoms with van der Waals surface area (Å²) < 4.78 is 2.31. The molecular weight excluding hydrogens is 218 g/mol. The van der Waals surface area contributed by atoms with E-state index in [1.165, 1.54) is 18.6 Å². The van der Waals surface area contributed by atoms with E-state index < -0.39 is 0 Å². The van der Waals surface area contributed by atoms with Crippen LogP contribution in [0.3, 0.4) is 0 Å². The van der Waals surface area contributed by atoms with Crippen molar-refractivity contribution in [3.05, 3.63) is 11.9 Å². The highest BCUT2D eigenvalue weighted by molar-refractivity contribution is 7.98. The maximum absolute atomic E-state index is 4.55. The minimum Gasteiger partial charge on any atom is -0.355 e. The van der Waals surface area contributed by atoms with Gasteiger partial charge in [-0.2, -0.15) is 11.8 Å². The van der Waals surface area contributed by atoms with Crippen LogP contribution in [0.15, 0.2) is 6.20 Å². The molecule has 0 aliphatic heterocycles. The Kier molecular flexibility index (Phi) is 3.79. The second-order valence-corrected chi connectivity index (χ2v) is 5.70. The van der Waals surface area contributed by atoms with Gasteiger partial charge < -0.3 is 9.88 Å². The molecule has 0 radical (unpaired) electrons. The van der Waals surface area contributed by atoms with Gasteiger partial charge in [-0.1, -0.05) is 6.92 Å². The first-order valence-electron chi connectivity index (χ1n) is 5.99. The zero-order valence-corrected chi connectivity index (χ0v) is 11.2. The zero-order valence-electron chi connectivity index (χ0n) is 10.4. The Labute approximate surface area is 102 Å². The zero-order chi connectivity index (χ0) is 11.5. The molecule has 1 aromatic rings. The summed E-state index contributed by atoms with van der Waals surface area (Å²) in [6.45, 7) is 5.36. The van der Waals surface area contributed by atoms with Gasteiger partial charge in [0.1, 0.15) is 0 Å². The van der Waals surface area contributed by atoms with Crippen LogP contribution < -0.4 is 5.32 Å². The van der Waals surface area contributed by atoms with Gasteiger partial charge in [0.15, 0.2) is 0 Å². The topological polar surface area (TPSA) is 29.9 Å². The first-order valence-corrected chi connectivity index (χ1v) is 7.38. The molecule has 1 aliphatic rings. The van der Waals surface area contributed by atoms with Gasteiger partial charge in [-0.05, 0) is 37.7 Å². The van der Waals surface area contributed by atoms with E-state index >= 15 is 0 Å². The predicted octanol–water partition coefficient (Wildman–Crippen LogP) is 2.94. The first-order chi connectivity index (χ1) is 7.70. The number of hydrogen-bond acceptors (Lipinski definition) is 3. The van der Waals surface area contributed by atoms with Gasteiger partial charge >= 0.3 is 0 Å². The Bertz CT molecular complexity index is 344. The number of rotatable bonds is 6. The number of nitrogens with one attached hydrogen (secondary N) is 1. The van der Waals surface area contributed by atoms with Gasteiger partial charge in [-0.15, -0.1) is 0 Å². The monoisotopic (exact) mass is 239 g/mol. The predicted molar refractivity (Wildman–Crippen MR) is 71.3 cm³/mol. The number of aryl methyl sites for hydroxylation is 1. The summed E-state index contributed by atoms with van der Waals surface area (Å²) in [5.41, 5.74) is 1.12. The van der Waals surface area contributed by atoms with Gasteiger partial charge in [0.2, 0.25) is 5.95 Å². The highest BCUT2D eigenvalue weighted by atomic mass is 32.2. The van der Waals surface area contributed by atoms with Crippen LogP contribution in [0, 0.1) is 12.8 Å². The Hall–Kier alpha value is -0.640. The van der Waals surface area contributed by atoms with Crippen molar-refractivity contribution in [2.75, 3.05) is 23.9 Å². The third kappa shape index (κ3) is 2.94. The van der Waals surface area contributed by atoms with Crippen LogP contribution >= 0.6 is 11.8 Å². The molecule has 0 spiro atoms. The van der Waals surface area contributed by atoms with E-state index in [2.05, 4.69) is 41.2 Å². The van der Waals surface area contributed by atoms with E-state index in [9.17, 15) is 0 Å². The van der Waals surface area contributed by atoms with Gasteiger partial charge in [-0.25, -0.2) is 4.98 Å². The molecule has 3 nitrogen and oxygen atoms in total. The number of imidazole rings is 1. The van der Waals surface area contributed by atoms with Crippen LogP contribution in [-0.2, 0) is 0 Å². The standard InChI is InChI=1S/C12H21N3S/c1-9(8-16-3)6-13-12-14-10(2)7-15(12)11-4-5-11/h7,9,11H,4-6,8H2,1-3H3,(H,13,14). The molecule has 90 valence electrons. The van der Waals surface area contributed by atoms with Crippen molar-refractivity contribution in [3.63, 3.8) is 0 Å². The third-order valence-electron chi connectivity index (χ3n) is 2.85. The molecule has 1 aliphatic carbocycles. The van der Waals surface area contributed by atoms with Crippen LogP contribution in [0.4, 0.5) is 5.95 Å². The van der Waals surface area contributed by atoms with Crippen molar-refractivity contribution in [2.24, 2.45) is 5.92 Å². The SMILES string of the molecule is CSCC(C)CNc1nc(C)cn1C1CC1. The third-order valence-corrected chi connectivity index (χ3v) is 3.76. The maximum Gasteiger partial charge on any atom is 0.203 e. The fraction of sp³-hybridized carbons (Fsp3) is 0.750. The van der Waals surface area contributed by atoms with E-state index in [1.54, 1.807) is 0 Å². The molecular formula is C12H21N3S. The van der Waals surface area contributed by atoms with Crippen molar-refractivity contribution in [3.8, 4) is 0 Å². The molecule has 0 aromatic carbocycles. The van der Waals surface area contributed by atoms with E-state index in [1.807, 2.05) is 11.8 Å². The van der Waals surface area contributed by atoms with Crippen LogP contribution in [-0.4, -0.2) is 28.1 Å². The van der Waals surface area contributed by atoms with Crippen molar-refractivity contribution in [1.82, 2.24) is 9.55 Å². The molecule has 0 bridgehead atoms. The normalized spacial score (nSPS) is 17.4. The maximum atomic E-state index is 4.55. The molecule has 4 heteroatoms. The van der Waals surface area contributed by atoms with E-state index in [0.29, 0.717) is 12.0 Å². The fourth-order valence-corrected chi connectivity index (χ4v) is 2.57. The summed E-state index contributed by atoms with van der Waals surface area (Å²) in [6.07, 6.45) is 6.95. The highest BCUT2D eigenvalue weighted by Crippen LogP contribution is 2.37. The molecule has 0 saturated heterocycles. The van der Waals surface area contributed by atoms with Crippen LogP contribution in [0.2, 0.25) is 0 Å². The van der Waals surface area contributed by atoms with Crippen molar-refractivity contribution >= 4 is 17.7 Å². The lowest BCUT2D eigenvalue weighted by Gasteiger charge is -2.13. The molecule has 2 rings (SSSR count). The molecule has 1 fully saturated rings. The van der Waals surface area contributed by atoms with Crippen molar-refractivity contribution in [1.29, 1.82) is 0 Å². The van der Waals surface area contributed by atoms with Crippen LogP contribution in [0.1, 0.15) is 31.5 Å². The molecule has 1 aromatic heterocycles. The lowest BCUT2D eigenvalue weighted by molar-refractivity contribution is 0.679. The van der Waals surface area contributed by atoms with Gasteiger partial charge in [0.05, 0.1) is 5.69 Å². The number of anilines is 1. The highest BCUT2D eigenvalue weighted by Gasteiger charge is 2.26. The molecule has 1 heterocycles. The number of thioether (sulfide) groups is 1.